The third-order valence-electron chi connectivity index (χ3n) is 3.17. The first-order valence-corrected chi connectivity index (χ1v) is 5.83. The predicted molar refractivity (Wildman–Crippen MR) is 67.4 cm³/mol. The highest BCUT2D eigenvalue weighted by Gasteiger charge is 2.20. The first-order chi connectivity index (χ1) is 8.24. The maximum atomic E-state index is 5.75. The van der Waals surface area contributed by atoms with Gasteiger partial charge in [-0.05, 0) is 25.0 Å². The number of hydrogen-bond acceptors (Lipinski definition) is 5. The monoisotopic (exact) mass is 237 g/mol. The summed E-state index contributed by atoms with van der Waals surface area (Å²) in [7, 11) is 3.35. The molecule has 2 heterocycles. The average molecular weight is 237 g/mol. The van der Waals surface area contributed by atoms with E-state index in [1.165, 1.54) is 0 Å². The number of piperidine rings is 1. The van der Waals surface area contributed by atoms with Gasteiger partial charge in [-0.15, -0.1) is 0 Å². The minimum atomic E-state index is 0.377. The Morgan fingerprint density at radius 3 is 2.59 bits per heavy atom. The smallest absolute Gasteiger partial charge is 0.238 e. The van der Waals surface area contributed by atoms with Gasteiger partial charge < -0.3 is 20.1 Å². The second-order valence-electron chi connectivity index (χ2n) is 4.19. The maximum absolute atomic E-state index is 5.75. The lowest BCUT2D eigenvalue weighted by Crippen LogP contribution is -2.37. The molecule has 1 saturated heterocycles. The summed E-state index contributed by atoms with van der Waals surface area (Å²) < 4.78 is 10.5. The number of nitrogen functional groups attached to an aromatic ring is 1. The molecule has 0 unspecified atom stereocenters. The number of hydrogen-bond donors (Lipinski definition) is 1. The van der Waals surface area contributed by atoms with Crippen molar-refractivity contribution in [3.63, 3.8) is 0 Å². The van der Waals surface area contributed by atoms with Crippen LogP contribution in [0.4, 0.5) is 11.5 Å². The third kappa shape index (κ3) is 2.61. The molecule has 0 bridgehead atoms. The highest BCUT2D eigenvalue weighted by molar-refractivity contribution is 5.54. The van der Waals surface area contributed by atoms with Crippen molar-refractivity contribution >= 4 is 11.5 Å². The number of nitrogens with zero attached hydrogens (tertiary/aromatic N) is 2. The van der Waals surface area contributed by atoms with E-state index in [1.807, 2.05) is 12.1 Å². The molecule has 0 saturated carbocycles. The van der Waals surface area contributed by atoms with Gasteiger partial charge in [-0.1, -0.05) is 0 Å². The Morgan fingerprint density at radius 2 is 2.00 bits per heavy atom. The molecule has 1 fully saturated rings. The average Bonchev–Trinajstić information content (AvgIpc) is 2.39. The zero-order chi connectivity index (χ0) is 12.3. The van der Waals surface area contributed by atoms with E-state index < -0.39 is 0 Å². The molecule has 1 aromatic heterocycles. The molecule has 94 valence electrons. The van der Waals surface area contributed by atoms with Gasteiger partial charge in [0.2, 0.25) is 5.88 Å². The summed E-state index contributed by atoms with van der Waals surface area (Å²) >= 11 is 0. The number of nitrogens with two attached hydrogens (primary N) is 1. The summed E-state index contributed by atoms with van der Waals surface area (Å²) in [5, 5.41) is 0. The Bertz CT molecular complexity index is 376. The molecule has 1 aliphatic heterocycles. The Kier molecular flexibility index (Phi) is 3.68. The Balaban J connectivity index is 2.08. The van der Waals surface area contributed by atoms with E-state index in [4.69, 9.17) is 15.2 Å². The normalized spacial score (nSPS) is 17.2. The van der Waals surface area contributed by atoms with Crippen LogP contribution < -0.4 is 15.4 Å². The van der Waals surface area contributed by atoms with Crippen molar-refractivity contribution in [3.05, 3.63) is 12.1 Å². The summed E-state index contributed by atoms with van der Waals surface area (Å²) in [5.74, 6) is 1.42. The molecule has 1 aliphatic rings. The maximum Gasteiger partial charge on any atom is 0.238 e. The molecule has 0 atom stereocenters. The van der Waals surface area contributed by atoms with Crippen molar-refractivity contribution in [1.82, 2.24) is 4.98 Å². The number of methoxy groups -OCH3 is 2. The molecule has 5 heteroatoms. The number of anilines is 2. The van der Waals surface area contributed by atoms with Crippen LogP contribution >= 0.6 is 0 Å². The summed E-state index contributed by atoms with van der Waals surface area (Å²) in [5.41, 5.74) is 6.32. The summed E-state index contributed by atoms with van der Waals surface area (Å²) in [6.07, 6.45) is 2.44. The summed E-state index contributed by atoms with van der Waals surface area (Å²) in [6.45, 7) is 1.91. The molecule has 0 radical (unpaired) electrons. The van der Waals surface area contributed by atoms with E-state index in [1.54, 1.807) is 14.2 Å². The lowest BCUT2D eigenvalue weighted by atomic mass is 10.1. The van der Waals surface area contributed by atoms with Crippen LogP contribution in [0.3, 0.4) is 0 Å². The third-order valence-corrected chi connectivity index (χ3v) is 3.17. The largest absolute Gasteiger partial charge is 0.479 e. The van der Waals surface area contributed by atoms with Crippen molar-refractivity contribution in [2.45, 2.75) is 18.9 Å². The van der Waals surface area contributed by atoms with Crippen molar-refractivity contribution < 1.29 is 9.47 Å². The van der Waals surface area contributed by atoms with Gasteiger partial charge in [0.25, 0.3) is 0 Å². The van der Waals surface area contributed by atoms with Gasteiger partial charge in [-0.3, -0.25) is 0 Å². The second-order valence-corrected chi connectivity index (χ2v) is 4.19. The zero-order valence-corrected chi connectivity index (χ0v) is 10.3. The number of rotatable bonds is 3. The van der Waals surface area contributed by atoms with Gasteiger partial charge in [-0.25, -0.2) is 0 Å². The molecule has 2 rings (SSSR count). The minimum absolute atomic E-state index is 0.377. The lowest BCUT2D eigenvalue weighted by Gasteiger charge is -2.32. The van der Waals surface area contributed by atoms with Crippen LogP contribution in [-0.4, -0.2) is 38.4 Å². The molecule has 0 spiro atoms. The highest BCUT2D eigenvalue weighted by atomic mass is 16.5. The van der Waals surface area contributed by atoms with Crippen LogP contribution in [0.15, 0.2) is 12.1 Å². The fraction of sp³-hybridized carbons (Fsp3) is 0.583. The van der Waals surface area contributed by atoms with Crippen LogP contribution in [0.2, 0.25) is 0 Å². The van der Waals surface area contributed by atoms with E-state index >= 15 is 0 Å². The fourth-order valence-corrected chi connectivity index (χ4v) is 2.10. The van der Waals surface area contributed by atoms with Crippen molar-refractivity contribution in [2.75, 3.05) is 37.9 Å². The van der Waals surface area contributed by atoms with Crippen molar-refractivity contribution in [1.29, 1.82) is 0 Å². The Hall–Kier alpha value is -1.49. The number of pyridine rings is 1. The summed E-state index contributed by atoms with van der Waals surface area (Å²) in [4.78, 5) is 6.64. The Labute approximate surface area is 102 Å². The fourth-order valence-electron chi connectivity index (χ4n) is 2.10. The standard InChI is InChI=1S/C12H19N3O2/c1-16-9-5-7-15(8-6-9)11-4-3-10(13)12(14-11)17-2/h3-4,9H,5-8,13H2,1-2H3. The minimum Gasteiger partial charge on any atom is -0.479 e. The molecule has 5 nitrogen and oxygen atoms in total. The van der Waals surface area contributed by atoms with E-state index in [9.17, 15) is 0 Å². The lowest BCUT2D eigenvalue weighted by molar-refractivity contribution is 0.0818. The van der Waals surface area contributed by atoms with Crippen LogP contribution in [0.25, 0.3) is 0 Å². The molecule has 1 aromatic rings. The molecular weight excluding hydrogens is 218 g/mol. The van der Waals surface area contributed by atoms with E-state index in [0.717, 1.165) is 31.7 Å². The van der Waals surface area contributed by atoms with Crippen LogP contribution in [0, 0.1) is 0 Å². The Morgan fingerprint density at radius 1 is 1.29 bits per heavy atom. The van der Waals surface area contributed by atoms with Crippen LogP contribution in [0.1, 0.15) is 12.8 Å². The highest BCUT2D eigenvalue weighted by Crippen LogP contribution is 2.25. The molecule has 0 aromatic carbocycles. The second kappa shape index (κ2) is 5.23. The van der Waals surface area contributed by atoms with Crippen molar-refractivity contribution in [3.8, 4) is 5.88 Å². The predicted octanol–water partition coefficient (Wildman–Crippen LogP) is 1.29. The molecule has 0 amide bonds. The van der Waals surface area contributed by atoms with Gasteiger partial charge in [0.1, 0.15) is 5.82 Å². The van der Waals surface area contributed by atoms with Gasteiger partial charge in [0.15, 0.2) is 0 Å². The molecule has 17 heavy (non-hydrogen) atoms. The number of aromatic nitrogens is 1. The van der Waals surface area contributed by atoms with Crippen LogP contribution in [-0.2, 0) is 4.74 Å². The first-order valence-electron chi connectivity index (χ1n) is 5.83. The van der Waals surface area contributed by atoms with Crippen molar-refractivity contribution in [2.24, 2.45) is 0 Å². The van der Waals surface area contributed by atoms with Crippen LogP contribution in [0.5, 0.6) is 5.88 Å². The molecule has 2 N–H and O–H groups in total. The SMILES string of the molecule is COc1nc(N2CCC(OC)CC2)ccc1N. The first kappa shape index (κ1) is 12.0. The quantitative estimate of drug-likeness (QED) is 0.858. The topological polar surface area (TPSA) is 60.6 Å². The van der Waals surface area contributed by atoms with E-state index in [0.29, 0.717) is 17.7 Å². The van der Waals surface area contributed by atoms with Gasteiger partial charge in [-0.2, -0.15) is 4.98 Å². The van der Waals surface area contributed by atoms with Gasteiger partial charge in [0.05, 0.1) is 18.9 Å². The molecule has 0 aliphatic carbocycles. The van der Waals surface area contributed by atoms with Gasteiger partial charge in [0, 0.05) is 20.2 Å². The molecular formula is C12H19N3O2. The van der Waals surface area contributed by atoms with E-state index in [-0.39, 0.29) is 0 Å². The summed E-state index contributed by atoms with van der Waals surface area (Å²) in [6, 6.07) is 3.77. The zero-order valence-electron chi connectivity index (χ0n) is 10.3. The van der Waals surface area contributed by atoms with E-state index in [2.05, 4.69) is 9.88 Å². The number of ether oxygens (including phenoxy) is 2. The van der Waals surface area contributed by atoms with Gasteiger partial charge >= 0.3 is 0 Å².